The molecule has 0 aliphatic carbocycles. The van der Waals surface area contributed by atoms with E-state index in [0.29, 0.717) is 24.0 Å². The van der Waals surface area contributed by atoms with Gasteiger partial charge in [-0.3, -0.25) is 4.79 Å². The summed E-state index contributed by atoms with van der Waals surface area (Å²) in [6.45, 7) is 4.49. The van der Waals surface area contributed by atoms with Gasteiger partial charge >= 0.3 is 0 Å². The normalized spacial score (nSPS) is 10.2. The number of nitrogens with one attached hydrogen (secondary N) is 2. The molecule has 3 rings (SSSR count). The van der Waals surface area contributed by atoms with Gasteiger partial charge in [0.2, 0.25) is 5.95 Å². The summed E-state index contributed by atoms with van der Waals surface area (Å²) in [4.78, 5) is 21.0. The summed E-state index contributed by atoms with van der Waals surface area (Å²) < 4.78 is 10.7. The molecule has 0 bridgehead atoms. The highest BCUT2D eigenvalue weighted by Crippen LogP contribution is 2.27. The third kappa shape index (κ3) is 4.76. The van der Waals surface area contributed by atoms with Crippen molar-refractivity contribution in [1.82, 2.24) is 9.97 Å². The third-order valence-electron chi connectivity index (χ3n) is 3.91. The van der Waals surface area contributed by atoms with Gasteiger partial charge in [-0.15, -0.1) is 0 Å². The van der Waals surface area contributed by atoms with Gasteiger partial charge in [0, 0.05) is 11.9 Å². The molecule has 2 aromatic carbocycles. The zero-order chi connectivity index (χ0) is 19.9. The average molecular weight is 378 g/mol. The summed E-state index contributed by atoms with van der Waals surface area (Å²) in [5.41, 5.74) is 2.69. The van der Waals surface area contributed by atoms with Gasteiger partial charge in [0.25, 0.3) is 5.91 Å². The van der Waals surface area contributed by atoms with Crippen molar-refractivity contribution in [2.24, 2.45) is 0 Å². The average Bonchev–Trinajstić information content (AvgIpc) is 2.70. The number of nitrogens with zero attached hydrogens (tertiary/aromatic N) is 2. The van der Waals surface area contributed by atoms with E-state index in [1.807, 2.05) is 32.0 Å². The van der Waals surface area contributed by atoms with Crippen LogP contribution in [0.5, 0.6) is 11.5 Å². The van der Waals surface area contributed by atoms with E-state index in [1.165, 1.54) is 6.20 Å². The topological polar surface area (TPSA) is 85.4 Å². The lowest BCUT2D eigenvalue weighted by molar-refractivity contribution is 0.102. The molecule has 2 N–H and O–H groups in total. The van der Waals surface area contributed by atoms with Crippen molar-refractivity contribution < 1.29 is 14.3 Å². The molecule has 1 heterocycles. The summed E-state index contributed by atoms with van der Waals surface area (Å²) in [5.74, 6) is 1.40. The molecule has 7 heteroatoms. The zero-order valence-electron chi connectivity index (χ0n) is 16.0. The Morgan fingerprint density at radius 1 is 1.11 bits per heavy atom. The Morgan fingerprint density at radius 3 is 2.61 bits per heavy atom. The highest BCUT2D eigenvalue weighted by Gasteiger charge is 2.11. The number of benzene rings is 2. The van der Waals surface area contributed by atoms with Gasteiger partial charge in [0.1, 0.15) is 17.2 Å². The number of hydrogen-bond acceptors (Lipinski definition) is 6. The molecule has 0 radical (unpaired) electrons. The standard InChI is InChI=1S/C21H22N4O3/c1-4-28-16-8-6-15(7-9-16)23-20(26)17-11-12-22-21(24-17)25-18-13-14(2)5-10-19(18)27-3/h5-13H,4H2,1-3H3,(H,23,26)(H,22,24,25). The van der Waals surface area contributed by atoms with Gasteiger partial charge in [-0.2, -0.15) is 0 Å². The van der Waals surface area contributed by atoms with Crippen molar-refractivity contribution in [2.45, 2.75) is 13.8 Å². The van der Waals surface area contributed by atoms with Crippen LogP contribution < -0.4 is 20.1 Å². The van der Waals surface area contributed by atoms with Crippen LogP contribution >= 0.6 is 0 Å². The van der Waals surface area contributed by atoms with Gasteiger partial charge in [-0.25, -0.2) is 9.97 Å². The van der Waals surface area contributed by atoms with Crippen molar-refractivity contribution >= 4 is 23.2 Å². The lowest BCUT2D eigenvalue weighted by Crippen LogP contribution is -2.14. The number of aromatic nitrogens is 2. The van der Waals surface area contributed by atoms with E-state index in [1.54, 1.807) is 37.4 Å². The summed E-state index contributed by atoms with van der Waals surface area (Å²) in [5, 5.41) is 5.91. The predicted octanol–water partition coefficient (Wildman–Crippen LogP) is 4.19. The second-order valence-corrected chi connectivity index (χ2v) is 6.01. The summed E-state index contributed by atoms with van der Waals surface area (Å²) in [7, 11) is 1.59. The first-order chi connectivity index (χ1) is 13.6. The number of hydrogen-bond donors (Lipinski definition) is 2. The Balaban J connectivity index is 1.73. The first-order valence-corrected chi connectivity index (χ1v) is 8.88. The minimum absolute atomic E-state index is 0.248. The Hall–Kier alpha value is -3.61. The van der Waals surface area contributed by atoms with E-state index in [9.17, 15) is 4.79 Å². The van der Waals surface area contributed by atoms with Crippen molar-refractivity contribution in [1.29, 1.82) is 0 Å². The number of amides is 1. The number of carbonyl (C=O) groups excluding carboxylic acids is 1. The van der Waals surface area contributed by atoms with E-state index in [-0.39, 0.29) is 11.6 Å². The van der Waals surface area contributed by atoms with Crippen LogP contribution in [0.3, 0.4) is 0 Å². The number of anilines is 3. The largest absolute Gasteiger partial charge is 0.495 e. The Kier molecular flexibility index (Phi) is 6.06. The van der Waals surface area contributed by atoms with Crippen LogP contribution in [0.15, 0.2) is 54.7 Å². The molecule has 1 amide bonds. The molecule has 0 aliphatic heterocycles. The molecular formula is C21H22N4O3. The number of rotatable bonds is 7. The zero-order valence-corrected chi connectivity index (χ0v) is 16.0. The molecule has 1 aromatic heterocycles. The van der Waals surface area contributed by atoms with Crippen LogP contribution in [0.25, 0.3) is 0 Å². The van der Waals surface area contributed by atoms with Gasteiger partial charge in [0.05, 0.1) is 19.4 Å². The number of aryl methyl sites for hydroxylation is 1. The molecule has 0 spiro atoms. The molecule has 0 fully saturated rings. The Labute approximate surface area is 163 Å². The van der Waals surface area contributed by atoms with E-state index in [4.69, 9.17) is 9.47 Å². The lowest BCUT2D eigenvalue weighted by atomic mass is 10.2. The second kappa shape index (κ2) is 8.85. The minimum atomic E-state index is -0.328. The molecule has 0 aliphatic rings. The van der Waals surface area contributed by atoms with Crippen LogP contribution in [0.2, 0.25) is 0 Å². The van der Waals surface area contributed by atoms with Crippen LogP contribution in [-0.4, -0.2) is 29.6 Å². The van der Waals surface area contributed by atoms with Gasteiger partial charge in [0.15, 0.2) is 0 Å². The number of ether oxygens (including phenoxy) is 2. The van der Waals surface area contributed by atoms with Crippen LogP contribution in [0, 0.1) is 6.92 Å². The van der Waals surface area contributed by atoms with Gasteiger partial charge < -0.3 is 20.1 Å². The fourth-order valence-electron chi connectivity index (χ4n) is 2.58. The first-order valence-electron chi connectivity index (χ1n) is 8.88. The molecule has 0 atom stereocenters. The van der Waals surface area contributed by atoms with E-state index >= 15 is 0 Å². The number of carbonyl (C=O) groups is 1. The molecular weight excluding hydrogens is 356 g/mol. The van der Waals surface area contributed by atoms with Crippen molar-refractivity contribution in [3.63, 3.8) is 0 Å². The second-order valence-electron chi connectivity index (χ2n) is 6.01. The number of methoxy groups -OCH3 is 1. The maximum absolute atomic E-state index is 12.5. The SMILES string of the molecule is CCOc1ccc(NC(=O)c2ccnc(Nc3cc(C)ccc3OC)n2)cc1. The van der Waals surface area contributed by atoms with E-state index < -0.39 is 0 Å². The van der Waals surface area contributed by atoms with E-state index in [0.717, 1.165) is 17.0 Å². The first kappa shape index (κ1) is 19.2. The maximum atomic E-state index is 12.5. The quantitative estimate of drug-likeness (QED) is 0.641. The molecule has 0 saturated carbocycles. The smallest absolute Gasteiger partial charge is 0.274 e. The van der Waals surface area contributed by atoms with Gasteiger partial charge in [-0.1, -0.05) is 6.07 Å². The molecule has 28 heavy (non-hydrogen) atoms. The van der Waals surface area contributed by atoms with Crippen LogP contribution in [-0.2, 0) is 0 Å². The summed E-state index contributed by atoms with van der Waals surface area (Å²) in [6.07, 6.45) is 1.53. The summed E-state index contributed by atoms with van der Waals surface area (Å²) >= 11 is 0. The lowest BCUT2D eigenvalue weighted by Gasteiger charge is -2.11. The Bertz CT molecular complexity index is 958. The Morgan fingerprint density at radius 2 is 1.89 bits per heavy atom. The van der Waals surface area contributed by atoms with Crippen molar-refractivity contribution in [3.05, 3.63) is 66.0 Å². The van der Waals surface area contributed by atoms with E-state index in [2.05, 4.69) is 20.6 Å². The monoisotopic (exact) mass is 378 g/mol. The summed E-state index contributed by atoms with van der Waals surface area (Å²) in [6, 6.07) is 14.5. The highest BCUT2D eigenvalue weighted by molar-refractivity contribution is 6.03. The van der Waals surface area contributed by atoms with Gasteiger partial charge in [-0.05, 0) is 61.9 Å². The molecule has 0 saturated heterocycles. The van der Waals surface area contributed by atoms with Crippen molar-refractivity contribution in [2.75, 3.05) is 24.4 Å². The minimum Gasteiger partial charge on any atom is -0.495 e. The maximum Gasteiger partial charge on any atom is 0.274 e. The molecule has 3 aromatic rings. The highest BCUT2D eigenvalue weighted by atomic mass is 16.5. The molecule has 0 unspecified atom stereocenters. The van der Waals surface area contributed by atoms with Crippen molar-refractivity contribution in [3.8, 4) is 11.5 Å². The predicted molar refractivity (Wildman–Crippen MR) is 109 cm³/mol. The fraction of sp³-hybridized carbons (Fsp3) is 0.190. The van der Waals surface area contributed by atoms with Crippen LogP contribution in [0.4, 0.5) is 17.3 Å². The fourth-order valence-corrected chi connectivity index (χ4v) is 2.58. The molecule has 144 valence electrons. The molecule has 7 nitrogen and oxygen atoms in total. The third-order valence-corrected chi connectivity index (χ3v) is 3.91. The van der Waals surface area contributed by atoms with Crippen LogP contribution in [0.1, 0.15) is 23.0 Å².